The summed E-state index contributed by atoms with van der Waals surface area (Å²) in [5.41, 5.74) is 0. The van der Waals surface area contributed by atoms with Gasteiger partial charge in [-0.05, 0) is 45.8 Å². The van der Waals surface area contributed by atoms with Crippen molar-refractivity contribution in [2.45, 2.75) is 52.9 Å². The van der Waals surface area contributed by atoms with Gasteiger partial charge in [-0.3, -0.25) is 9.79 Å². The number of halogens is 1. The fourth-order valence-electron chi connectivity index (χ4n) is 2.76. The van der Waals surface area contributed by atoms with Crippen LogP contribution in [0.2, 0.25) is 0 Å². The summed E-state index contributed by atoms with van der Waals surface area (Å²) in [6, 6.07) is 0. The van der Waals surface area contributed by atoms with E-state index in [4.69, 9.17) is 0 Å². The number of hydrogen-bond donors (Lipinski definition) is 3. The molecule has 148 valence electrons. The minimum atomic E-state index is 0. The van der Waals surface area contributed by atoms with Gasteiger partial charge in [-0.2, -0.15) is 0 Å². The van der Waals surface area contributed by atoms with Gasteiger partial charge in [0.1, 0.15) is 0 Å². The fourth-order valence-corrected chi connectivity index (χ4v) is 2.76. The zero-order valence-corrected chi connectivity index (χ0v) is 18.6. The molecule has 0 aromatic rings. The molecule has 1 fully saturated rings. The van der Waals surface area contributed by atoms with E-state index >= 15 is 0 Å². The number of nitrogens with one attached hydrogen (secondary N) is 3. The molecule has 1 aliphatic heterocycles. The third kappa shape index (κ3) is 12.4. The Morgan fingerprint density at radius 1 is 1.04 bits per heavy atom. The van der Waals surface area contributed by atoms with Crippen molar-refractivity contribution in [3.8, 4) is 0 Å². The van der Waals surface area contributed by atoms with Crippen LogP contribution in [0.3, 0.4) is 0 Å². The van der Waals surface area contributed by atoms with Gasteiger partial charge in [-0.25, -0.2) is 0 Å². The summed E-state index contributed by atoms with van der Waals surface area (Å²) >= 11 is 0. The molecule has 0 bridgehead atoms. The van der Waals surface area contributed by atoms with Crippen molar-refractivity contribution in [2.75, 3.05) is 45.8 Å². The molecule has 0 saturated carbocycles. The Balaban J connectivity index is 0.00000576. The van der Waals surface area contributed by atoms with Crippen LogP contribution in [0.15, 0.2) is 4.99 Å². The summed E-state index contributed by atoms with van der Waals surface area (Å²) in [7, 11) is 0. The highest BCUT2D eigenvalue weighted by atomic mass is 127. The lowest BCUT2D eigenvalue weighted by Gasteiger charge is -2.19. The molecule has 1 aliphatic rings. The maximum absolute atomic E-state index is 11.5. The number of likely N-dealkylation sites (tertiary alicyclic amines) is 1. The molecule has 0 spiro atoms. The highest BCUT2D eigenvalue weighted by Crippen LogP contribution is 2.09. The van der Waals surface area contributed by atoms with E-state index < -0.39 is 0 Å². The Morgan fingerprint density at radius 2 is 1.68 bits per heavy atom. The Labute approximate surface area is 171 Å². The number of carbonyl (C=O) groups is 1. The van der Waals surface area contributed by atoms with Crippen LogP contribution in [0.5, 0.6) is 0 Å². The molecule has 0 radical (unpaired) electrons. The minimum Gasteiger partial charge on any atom is -0.357 e. The first-order valence-electron chi connectivity index (χ1n) is 9.65. The number of guanidine groups is 1. The van der Waals surface area contributed by atoms with Gasteiger partial charge in [0.2, 0.25) is 5.91 Å². The van der Waals surface area contributed by atoms with Gasteiger partial charge in [0.15, 0.2) is 5.96 Å². The summed E-state index contributed by atoms with van der Waals surface area (Å²) in [4.78, 5) is 18.7. The van der Waals surface area contributed by atoms with Crippen molar-refractivity contribution in [1.82, 2.24) is 20.9 Å². The predicted molar refractivity (Wildman–Crippen MR) is 117 cm³/mol. The van der Waals surface area contributed by atoms with E-state index in [0.29, 0.717) is 13.1 Å². The number of nitrogens with zero attached hydrogens (tertiary/aromatic N) is 2. The summed E-state index contributed by atoms with van der Waals surface area (Å²) in [5.74, 6) is 0.967. The van der Waals surface area contributed by atoms with Crippen molar-refractivity contribution in [3.63, 3.8) is 0 Å². The van der Waals surface area contributed by atoms with Crippen LogP contribution >= 0.6 is 24.0 Å². The van der Waals surface area contributed by atoms with E-state index in [0.717, 1.165) is 32.0 Å². The summed E-state index contributed by atoms with van der Waals surface area (Å²) in [5, 5.41) is 9.43. The first-order valence-corrected chi connectivity index (χ1v) is 9.65. The molecule has 1 rings (SSSR count). The van der Waals surface area contributed by atoms with Crippen LogP contribution in [-0.2, 0) is 4.79 Å². The van der Waals surface area contributed by atoms with Crippen LogP contribution in [0.25, 0.3) is 0 Å². The van der Waals surface area contributed by atoms with Gasteiger partial charge in [0.25, 0.3) is 0 Å². The summed E-state index contributed by atoms with van der Waals surface area (Å²) in [6.45, 7) is 12.5. The average molecular weight is 467 g/mol. The smallest absolute Gasteiger partial charge is 0.222 e. The molecular formula is C18H38IN5O. The standard InChI is InChI=1S/C18H37N5O.HI/c1-4-19-18(22-12-11-20-17(24)16(2)3)21-10-9-15-23-13-7-5-6-8-14-23;/h16H,4-15H2,1-3H3,(H,20,24)(H2,19,21,22);1H. The molecule has 1 amide bonds. The molecule has 0 atom stereocenters. The lowest BCUT2D eigenvalue weighted by Crippen LogP contribution is -2.42. The topological polar surface area (TPSA) is 68.8 Å². The lowest BCUT2D eigenvalue weighted by molar-refractivity contribution is -0.123. The van der Waals surface area contributed by atoms with Crippen molar-refractivity contribution in [1.29, 1.82) is 0 Å². The Morgan fingerprint density at radius 3 is 2.28 bits per heavy atom. The third-order valence-electron chi connectivity index (χ3n) is 4.19. The largest absolute Gasteiger partial charge is 0.357 e. The van der Waals surface area contributed by atoms with Gasteiger partial charge in [-0.15, -0.1) is 24.0 Å². The number of hydrogen-bond acceptors (Lipinski definition) is 3. The van der Waals surface area contributed by atoms with Crippen LogP contribution in [0.1, 0.15) is 52.9 Å². The Kier molecular flexibility index (Phi) is 15.3. The summed E-state index contributed by atoms with van der Waals surface area (Å²) in [6.07, 6.45) is 6.55. The quantitative estimate of drug-likeness (QED) is 0.211. The van der Waals surface area contributed by atoms with Gasteiger partial charge < -0.3 is 20.9 Å². The fraction of sp³-hybridized carbons (Fsp3) is 0.889. The average Bonchev–Trinajstić information content (AvgIpc) is 2.83. The highest BCUT2D eigenvalue weighted by Gasteiger charge is 2.08. The van der Waals surface area contributed by atoms with Crippen molar-refractivity contribution in [2.24, 2.45) is 10.9 Å². The van der Waals surface area contributed by atoms with Gasteiger partial charge >= 0.3 is 0 Å². The van der Waals surface area contributed by atoms with E-state index in [1.54, 1.807) is 0 Å². The van der Waals surface area contributed by atoms with Crippen LogP contribution in [-0.4, -0.2) is 62.6 Å². The normalized spacial score (nSPS) is 16.1. The van der Waals surface area contributed by atoms with Crippen molar-refractivity contribution >= 4 is 35.8 Å². The van der Waals surface area contributed by atoms with Crippen LogP contribution in [0, 0.1) is 5.92 Å². The monoisotopic (exact) mass is 467 g/mol. The molecule has 3 N–H and O–H groups in total. The third-order valence-corrected chi connectivity index (χ3v) is 4.19. The molecule has 1 saturated heterocycles. The molecular weight excluding hydrogens is 429 g/mol. The second-order valence-electron chi connectivity index (χ2n) is 6.74. The highest BCUT2D eigenvalue weighted by molar-refractivity contribution is 14.0. The van der Waals surface area contributed by atoms with E-state index in [1.807, 2.05) is 13.8 Å². The Bertz CT molecular complexity index is 368. The van der Waals surface area contributed by atoms with E-state index in [1.165, 1.54) is 38.8 Å². The van der Waals surface area contributed by atoms with Gasteiger partial charge in [0, 0.05) is 32.1 Å². The Hall–Kier alpha value is -0.570. The zero-order valence-electron chi connectivity index (χ0n) is 16.3. The van der Waals surface area contributed by atoms with Crippen molar-refractivity contribution in [3.05, 3.63) is 0 Å². The number of rotatable bonds is 9. The van der Waals surface area contributed by atoms with Gasteiger partial charge in [-0.1, -0.05) is 26.7 Å². The number of amides is 1. The zero-order chi connectivity index (χ0) is 17.6. The maximum atomic E-state index is 11.5. The molecule has 0 unspecified atom stereocenters. The lowest BCUT2D eigenvalue weighted by atomic mass is 10.2. The van der Waals surface area contributed by atoms with Crippen LogP contribution in [0.4, 0.5) is 0 Å². The van der Waals surface area contributed by atoms with Gasteiger partial charge in [0.05, 0.1) is 0 Å². The number of aliphatic imine (C=N–C) groups is 1. The SMILES string of the molecule is CCNC(=NCCCN1CCCCCC1)NCCNC(=O)C(C)C.I. The maximum Gasteiger partial charge on any atom is 0.222 e. The minimum absolute atomic E-state index is 0. The summed E-state index contributed by atoms with van der Waals surface area (Å²) < 4.78 is 0. The van der Waals surface area contributed by atoms with E-state index in [9.17, 15) is 4.79 Å². The molecule has 7 heteroatoms. The molecule has 6 nitrogen and oxygen atoms in total. The van der Waals surface area contributed by atoms with E-state index in [2.05, 4.69) is 32.8 Å². The van der Waals surface area contributed by atoms with Crippen LogP contribution < -0.4 is 16.0 Å². The second-order valence-corrected chi connectivity index (χ2v) is 6.74. The number of carbonyl (C=O) groups excluding carboxylic acids is 1. The molecule has 0 aromatic heterocycles. The molecule has 25 heavy (non-hydrogen) atoms. The second kappa shape index (κ2) is 15.7. The molecule has 0 aromatic carbocycles. The molecule has 1 heterocycles. The van der Waals surface area contributed by atoms with Crippen molar-refractivity contribution < 1.29 is 4.79 Å². The van der Waals surface area contributed by atoms with E-state index in [-0.39, 0.29) is 35.8 Å². The first-order chi connectivity index (χ1) is 11.6. The predicted octanol–water partition coefficient (Wildman–Crippen LogP) is 2.20. The first kappa shape index (κ1) is 24.4. The molecule has 0 aliphatic carbocycles.